The highest BCUT2D eigenvalue weighted by atomic mass is 16.7. The van der Waals surface area contributed by atoms with Gasteiger partial charge in [-0.3, -0.25) is 14.9 Å². The first-order valence-corrected chi connectivity index (χ1v) is 9.70. The Labute approximate surface area is 168 Å². The van der Waals surface area contributed by atoms with Crippen molar-refractivity contribution in [1.82, 2.24) is 14.9 Å². The predicted octanol–water partition coefficient (Wildman–Crippen LogP) is 1.83. The number of ether oxygens (including phenoxy) is 3. The van der Waals surface area contributed by atoms with Gasteiger partial charge in [-0.25, -0.2) is 4.98 Å². The maximum Gasteiger partial charge on any atom is 0.231 e. The minimum atomic E-state index is -0.261. The zero-order valence-electron chi connectivity index (χ0n) is 16.3. The monoisotopic (exact) mass is 400 g/mol. The number of carbonyl (C=O) groups excluding carboxylic acids is 2. The van der Waals surface area contributed by atoms with Crippen LogP contribution in [0.5, 0.6) is 11.5 Å². The highest BCUT2D eigenvalue weighted by Crippen LogP contribution is 2.36. The van der Waals surface area contributed by atoms with Crippen molar-refractivity contribution in [3.63, 3.8) is 0 Å². The molecule has 0 spiro atoms. The Kier molecular flexibility index (Phi) is 5.66. The van der Waals surface area contributed by atoms with Crippen LogP contribution in [0.1, 0.15) is 25.7 Å². The highest BCUT2D eigenvalue weighted by molar-refractivity contribution is 5.92. The van der Waals surface area contributed by atoms with Gasteiger partial charge in [-0.15, -0.1) is 0 Å². The molecule has 2 N–H and O–H groups in total. The van der Waals surface area contributed by atoms with Gasteiger partial charge in [-0.1, -0.05) is 0 Å². The van der Waals surface area contributed by atoms with E-state index in [1.54, 1.807) is 10.8 Å². The van der Waals surface area contributed by atoms with Crippen molar-refractivity contribution in [1.29, 1.82) is 0 Å². The Morgan fingerprint density at radius 2 is 2.03 bits per heavy atom. The van der Waals surface area contributed by atoms with E-state index in [9.17, 15) is 9.59 Å². The van der Waals surface area contributed by atoms with Crippen LogP contribution in [0.25, 0.3) is 11.3 Å². The number of imidazole rings is 1. The minimum absolute atomic E-state index is 0.0869. The molecule has 0 bridgehead atoms. The summed E-state index contributed by atoms with van der Waals surface area (Å²) >= 11 is 0. The van der Waals surface area contributed by atoms with E-state index < -0.39 is 0 Å². The molecular formula is C20H24N4O5. The average Bonchev–Trinajstić information content (AvgIpc) is 3.46. The molecule has 154 valence electrons. The van der Waals surface area contributed by atoms with Crippen molar-refractivity contribution < 1.29 is 23.8 Å². The van der Waals surface area contributed by atoms with E-state index in [-0.39, 0.29) is 37.6 Å². The van der Waals surface area contributed by atoms with Crippen molar-refractivity contribution >= 4 is 17.8 Å². The molecule has 3 heterocycles. The number of hydrogen-bond acceptors (Lipinski definition) is 6. The zero-order chi connectivity index (χ0) is 20.2. The molecule has 2 aliphatic heterocycles. The smallest absolute Gasteiger partial charge is 0.231 e. The fraction of sp³-hybridized carbons (Fsp3) is 0.450. The van der Waals surface area contributed by atoms with Gasteiger partial charge in [-0.05, 0) is 31.0 Å². The lowest BCUT2D eigenvalue weighted by Crippen LogP contribution is -2.32. The Morgan fingerprint density at radius 3 is 2.86 bits per heavy atom. The molecule has 0 radical (unpaired) electrons. The van der Waals surface area contributed by atoms with Crippen LogP contribution in [-0.2, 0) is 21.4 Å². The van der Waals surface area contributed by atoms with Gasteiger partial charge in [-0.2, -0.15) is 0 Å². The number of nitrogens with one attached hydrogen (secondary N) is 2. The topological polar surface area (TPSA) is 104 Å². The molecule has 2 amide bonds. The Hall–Kier alpha value is -3.07. The number of carbonyl (C=O) groups is 2. The van der Waals surface area contributed by atoms with Crippen LogP contribution >= 0.6 is 0 Å². The molecule has 9 heteroatoms. The second-order valence-electron chi connectivity index (χ2n) is 7.08. The predicted molar refractivity (Wildman–Crippen MR) is 105 cm³/mol. The number of benzene rings is 1. The Balaban J connectivity index is 1.29. The molecule has 0 aliphatic carbocycles. The van der Waals surface area contributed by atoms with Gasteiger partial charge in [0.05, 0.1) is 18.0 Å². The lowest BCUT2D eigenvalue weighted by atomic mass is 10.1. The first kappa shape index (κ1) is 19.3. The van der Waals surface area contributed by atoms with Crippen LogP contribution < -0.4 is 20.1 Å². The van der Waals surface area contributed by atoms with Crippen molar-refractivity contribution in [2.24, 2.45) is 7.05 Å². The van der Waals surface area contributed by atoms with E-state index in [0.717, 1.165) is 30.7 Å². The summed E-state index contributed by atoms with van der Waals surface area (Å²) in [4.78, 5) is 28.4. The van der Waals surface area contributed by atoms with Crippen molar-refractivity contribution in [3.8, 4) is 22.8 Å². The van der Waals surface area contributed by atoms with Gasteiger partial charge >= 0.3 is 0 Å². The molecule has 1 saturated heterocycles. The van der Waals surface area contributed by atoms with Gasteiger partial charge in [0.1, 0.15) is 0 Å². The van der Waals surface area contributed by atoms with Crippen molar-refractivity contribution in [2.75, 3.05) is 25.3 Å². The van der Waals surface area contributed by atoms with Gasteiger partial charge in [0.25, 0.3) is 0 Å². The summed E-state index contributed by atoms with van der Waals surface area (Å²) < 4.78 is 18.0. The summed E-state index contributed by atoms with van der Waals surface area (Å²) in [5.74, 6) is 1.40. The summed E-state index contributed by atoms with van der Waals surface area (Å²) in [7, 11) is 1.82. The third-order valence-corrected chi connectivity index (χ3v) is 5.04. The average molecular weight is 400 g/mol. The van der Waals surface area contributed by atoms with E-state index in [1.165, 1.54) is 0 Å². The quantitative estimate of drug-likeness (QED) is 0.735. The number of aromatic nitrogens is 2. The number of rotatable bonds is 7. The minimum Gasteiger partial charge on any atom is -0.454 e. The van der Waals surface area contributed by atoms with Crippen LogP contribution in [0.15, 0.2) is 24.4 Å². The number of amides is 2. The van der Waals surface area contributed by atoms with E-state index in [2.05, 4.69) is 15.6 Å². The normalized spacial score (nSPS) is 17.3. The van der Waals surface area contributed by atoms with E-state index in [1.807, 2.05) is 25.2 Å². The largest absolute Gasteiger partial charge is 0.454 e. The fourth-order valence-corrected chi connectivity index (χ4v) is 3.39. The standard InChI is InChI=1S/C20H24N4O5/c1-24-15(13-4-5-16-17(9-13)29-12-28-16)11-22-20(24)23-19(26)7-6-18(25)21-10-14-3-2-8-27-14/h4-5,9,11,14H,2-3,6-8,10,12H2,1H3,(H,21,25)(H,22,23,26). The SMILES string of the molecule is Cn1c(-c2ccc3c(c2)OCO3)cnc1NC(=O)CCC(=O)NCC1CCCO1. The molecule has 1 aromatic heterocycles. The second-order valence-corrected chi connectivity index (χ2v) is 7.08. The number of fused-ring (bicyclic) bond motifs is 1. The van der Waals surface area contributed by atoms with Gasteiger partial charge in [0, 0.05) is 38.6 Å². The second kappa shape index (κ2) is 8.52. The Morgan fingerprint density at radius 1 is 1.21 bits per heavy atom. The van der Waals surface area contributed by atoms with Crippen molar-refractivity contribution in [2.45, 2.75) is 31.8 Å². The van der Waals surface area contributed by atoms with Crippen LogP contribution in [0.4, 0.5) is 5.95 Å². The zero-order valence-corrected chi connectivity index (χ0v) is 16.3. The van der Waals surface area contributed by atoms with E-state index in [0.29, 0.717) is 24.0 Å². The lowest BCUT2D eigenvalue weighted by molar-refractivity contribution is -0.124. The van der Waals surface area contributed by atoms with Gasteiger partial charge in [0.15, 0.2) is 11.5 Å². The number of hydrogen-bond donors (Lipinski definition) is 2. The molecule has 1 unspecified atom stereocenters. The molecular weight excluding hydrogens is 376 g/mol. The lowest BCUT2D eigenvalue weighted by Gasteiger charge is -2.11. The van der Waals surface area contributed by atoms with Crippen LogP contribution in [0, 0.1) is 0 Å². The maximum absolute atomic E-state index is 12.2. The summed E-state index contributed by atoms with van der Waals surface area (Å²) in [5.41, 5.74) is 1.73. The maximum atomic E-state index is 12.2. The molecule has 2 aromatic rings. The van der Waals surface area contributed by atoms with E-state index >= 15 is 0 Å². The molecule has 4 rings (SSSR count). The molecule has 0 saturated carbocycles. The first-order chi connectivity index (χ1) is 14.1. The highest BCUT2D eigenvalue weighted by Gasteiger charge is 2.18. The summed E-state index contributed by atoms with van der Waals surface area (Å²) in [6.45, 7) is 1.46. The summed E-state index contributed by atoms with van der Waals surface area (Å²) in [6, 6.07) is 5.63. The molecule has 1 fully saturated rings. The molecule has 9 nitrogen and oxygen atoms in total. The van der Waals surface area contributed by atoms with E-state index in [4.69, 9.17) is 14.2 Å². The molecule has 1 atom stereocenters. The number of anilines is 1. The third kappa shape index (κ3) is 4.51. The fourth-order valence-electron chi connectivity index (χ4n) is 3.39. The summed E-state index contributed by atoms with van der Waals surface area (Å²) in [6.07, 6.45) is 3.98. The molecule has 29 heavy (non-hydrogen) atoms. The first-order valence-electron chi connectivity index (χ1n) is 9.70. The van der Waals surface area contributed by atoms with Gasteiger partial charge < -0.3 is 24.1 Å². The molecule has 1 aromatic carbocycles. The van der Waals surface area contributed by atoms with Gasteiger partial charge in [0.2, 0.25) is 24.6 Å². The third-order valence-electron chi connectivity index (χ3n) is 5.04. The van der Waals surface area contributed by atoms with Crippen LogP contribution in [0.2, 0.25) is 0 Å². The summed E-state index contributed by atoms with van der Waals surface area (Å²) in [5, 5.41) is 5.57. The Bertz CT molecular complexity index is 904. The number of nitrogens with zero attached hydrogens (tertiary/aromatic N) is 2. The van der Waals surface area contributed by atoms with Crippen LogP contribution in [0.3, 0.4) is 0 Å². The molecule has 2 aliphatic rings. The van der Waals surface area contributed by atoms with Crippen molar-refractivity contribution in [3.05, 3.63) is 24.4 Å². The van der Waals surface area contributed by atoms with Crippen LogP contribution in [-0.4, -0.2) is 47.4 Å².